The van der Waals surface area contributed by atoms with Crippen LogP contribution in [0.4, 0.5) is 14.5 Å². The third kappa shape index (κ3) is 2.46. The first-order valence-corrected chi connectivity index (χ1v) is 5.15. The normalized spacial score (nSPS) is 10.1. The van der Waals surface area contributed by atoms with Gasteiger partial charge in [0.2, 0.25) is 0 Å². The molecule has 0 aliphatic rings. The highest BCUT2D eigenvalue weighted by Gasteiger charge is 2.11. The van der Waals surface area contributed by atoms with Crippen LogP contribution in [0.25, 0.3) is 0 Å². The Balaban J connectivity index is 2.17. The summed E-state index contributed by atoms with van der Waals surface area (Å²) in [4.78, 5) is 0. The third-order valence-corrected chi connectivity index (χ3v) is 2.29. The standard InChI is InChI=1S/C12H9F2N3O/c1-7-2-9(18-17-7)6-16-12-10(13)3-8(5-15)4-11(12)14/h2-4,16H,6H2,1H3. The number of benzene rings is 1. The van der Waals surface area contributed by atoms with Crippen molar-refractivity contribution in [3.63, 3.8) is 0 Å². The van der Waals surface area contributed by atoms with Gasteiger partial charge in [0.1, 0.15) is 5.69 Å². The van der Waals surface area contributed by atoms with E-state index in [1.165, 1.54) is 0 Å². The summed E-state index contributed by atoms with van der Waals surface area (Å²) >= 11 is 0. The van der Waals surface area contributed by atoms with E-state index in [2.05, 4.69) is 10.5 Å². The molecule has 0 spiro atoms. The van der Waals surface area contributed by atoms with E-state index in [9.17, 15) is 8.78 Å². The molecule has 18 heavy (non-hydrogen) atoms. The molecule has 1 aromatic carbocycles. The molecule has 2 rings (SSSR count). The first-order valence-electron chi connectivity index (χ1n) is 5.15. The van der Waals surface area contributed by atoms with Crippen molar-refractivity contribution in [3.05, 3.63) is 46.9 Å². The molecule has 0 aliphatic carbocycles. The summed E-state index contributed by atoms with van der Waals surface area (Å²) in [5.74, 6) is -1.17. The van der Waals surface area contributed by atoms with Crippen molar-refractivity contribution >= 4 is 5.69 Å². The molecule has 0 amide bonds. The van der Waals surface area contributed by atoms with Gasteiger partial charge in [0.05, 0.1) is 23.9 Å². The van der Waals surface area contributed by atoms with Gasteiger partial charge in [-0.3, -0.25) is 0 Å². The predicted molar refractivity (Wildman–Crippen MR) is 59.6 cm³/mol. The van der Waals surface area contributed by atoms with Crippen LogP contribution in [-0.4, -0.2) is 5.16 Å². The number of nitrogens with zero attached hydrogens (tertiary/aromatic N) is 2. The number of nitriles is 1. The van der Waals surface area contributed by atoms with Gasteiger partial charge in [-0.25, -0.2) is 8.78 Å². The maximum absolute atomic E-state index is 13.5. The number of hydrogen-bond donors (Lipinski definition) is 1. The largest absolute Gasteiger partial charge is 0.373 e. The Morgan fingerprint density at radius 2 is 2.00 bits per heavy atom. The minimum Gasteiger partial charge on any atom is -0.373 e. The molecule has 1 N–H and O–H groups in total. The van der Waals surface area contributed by atoms with E-state index < -0.39 is 11.6 Å². The van der Waals surface area contributed by atoms with Gasteiger partial charge in [-0.1, -0.05) is 5.16 Å². The summed E-state index contributed by atoms with van der Waals surface area (Å²) in [5, 5.41) is 14.8. The predicted octanol–water partition coefficient (Wildman–Crippen LogP) is 2.75. The Morgan fingerprint density at radius 1 is 1.33 bits per heavy atom. The van der Waals surface area contributed by atoms with Crippen molar-refractivity contribution in [1.29, 1.82) is 5.26 Å². The van der Waals surface area contributed by atoms with Crippen LogP contribution < -0.4 is 5.32 Å². The van der Waals surface area contributed by atoms with Gasteiger partial charge >= 0.3 is 0 Å². The van der Waals surface area contributed by atoms with Crippen LogP contribution in [0.2, 0.25) is 0 Å². The molecule has 0 saturated carbocycles. The Bertz CT molecular complexity index is 593. The lowest BCUT2D eigenvalue weighted by atomic mass is 10.2. The molecule has 0 aliphatic heterocycles. The van der Waals surface area contributed by atoms with Crippen molar-refractivity contribution in [2.24, 2.45) is 0 Å². The lowest BCUT2D eigenvalue weighted by molar-refractivity contribution is 0.384. The summed E-state index contributed by atoms with van der Waals surface area (Å²) in [7, 11) is 0. The second kappa shape index (κ2) is 4.84. The fraction of sp³-hybridized carbons (Fsp3) is 0.167. The first kappa shape index (κ1) is 12.0. The number of halogens is 2. The van der Waals surface area contributed by atoms with Crippen LogP contribution in [0, 0.1) is 29.9 Å². The van der Waals surface area contributed by atoms with Crippen LogP contribution in [0.5, 0.6) is 0 Å². The molecule has 0 atom stereocenters. The highest BCUT2D eigenvalue weighted by molar-refractivity contribution is 5.50. The number of nitrogens with one attached hydrogen (secondary N) is 1. The summed E-state index contributed by atoms with van der Waals surface area (Å²) in [5.41, 5.74) is 0.335. The maximum atomic E-state index is 13.5. The molecular formula is C12H9F2N3O. The van der Waals surface area contributed by atoms with Gasteiger partial charge < -0.3 is 9.84 Å². The van der Waals surface area contributed by atoms with Gasteiger partial charge in [0, 0.05) is 6.07 Å². The topological polar surface area (TPSA) is 61.9 Å². The number of hydrogen-bond acceptors (Lipinski definition) is 4. The fourth-order valence-corrected chi connectivity index (χ4v) is 1.48. The highest BCUT2D eigenvalue weighted by atomic mass is 19.1. The van der Waals surface area contributed by atoms with Crippen LogP contribution in [0.3, 0.4) is 0 Å². The van der Waals surface area contributed by atoms with Crippen molar-refractivity contribution in [3.8, 4) is 6.07 Å². The second-order valence-corrected chi connectivity index (χ2v) is 3.71. The molecule has 1 aromatic heterocycles. The number of rotatable bonds is 3. The smallest absolute Gasteiger partial charge is 0.156 e. The summed E-state index contributed by atoms with van der Waals surface area (Å²) in [6, 6.07) is 5.27. The van der Waals surface area contributed by atoms with Crippen LogP contribution in [0.1, 0.15) is 17.0 Å². The van der Waals surface area contributed by atoms with Crippen LogP contribution in [0.15, 0.2) is 22.7 Å². The van der Waals surface area contributed by atoms with Crippen molar-refractivity contribution in [1.82, 2.24) is 5.16 Å². The Hall–Kier alpha value is -2.42. The van der Waals surface area contributed by atoms with E-state index in [4.69, 9.17) is 9.78 Å². The van der Waals surface area contributed by atoms with E-state index >= 15 is 0 Å². The van der Waals surface area contributed by atoms with Gasteiger partial charge in [-0.05, 0) is 19.1 Å². The first-order chi connectivity index (χ1) is 8.60. The van der Waals surface area contributed by atoms with E-state index in [-0.39, 0.29) is 17.8 Å². The Labute approximate surface area is 102 Å². The van der Waals surface area contributed by atoms with E-state index in [0.29, 0.717) is 11.5 Å². The summed E-state index contributed by atoms with van der Waals surface area (Å²) in [6.07, 6.45) is 0. The zero-order valence-corrected chi connectivity index (χ0v) is 9.50. The van der Waals surface area contributed by atoms with Crippen molar-refractivity contribution < 1.29 is 13.3 Å². The van der Waals surface area contributed by atoms with Gasteiger partial charge in [-0.2, -0.15) is 5.26 Å². The van der Waals surface area contributed by atoms with Gasteiger partial charge in [0.15, 0.2) is 17.4 Å². The molecule has 0 unspecified atom stereocenters. The Morgan fingerprint density at radius 3 is 2.50 bits per heavy atom. The lowest BCUT2D eigenvalue weighted by Gasteiger charge is -2.07. The molecule has 1 heterocycles. The molecular weight excluding hydrogens is 240 g/mol. The molecule has 92 valence electrons. The number of anilines is 1. The average molecular weight is 249 g/mol. The molecule has 0 saturated heterocycles. The molecule has 0 bridgehead atoms. The summed E-state index contributed by atoms with van der Waals surface area (Å²) < 4.78 is 31.9. The minimum atomic E-state index is -0.817. The number of aromatic nitrogens is 1. The van der Waals surface area contributed by atoms with Crippen LogP contribution in [-0.2, 0) is 6.54 Å². The highest BCUT2D eigenvalue weighted by Crippen LogP contribution is 2.21. The quantitative estimate of drug-likeness (QED) is 0.908. The van der Waals surface area contributed by atoms with Gasteiger partial charge in [0.25, 0.3) is 0 Å². The Kier molecular flexibility index (Phi) is 3.24. The molecule has 4 nitrogen and oxygen atoms in total. The lowest BCUT2D eigenvalue weighted by Crippen LogP contribution is -2.03. The molecule has 6 heteroatoms. The van der Waals surface area contributed by atoms with Crippen molar-refractivity contribution in [2.45, 2.75) is 13.5 Å². The maximum Gasteiger partial charge on any atom is 0.156 e. The van der Waals surface area contributed by atoms with E-state index in [1.807, 2.05) is 0 Å². The van der Waals surface area contributed by atoms with E-state index in [0.717, 1.165) is 12.1 Å². The zero-order valence-electron chi connectivity index (χ0n) is 9.50. The van der Waals surface area contributed by atoms with Crippen molar-refractivity contribution in [2.75, 3.05) is 5.32 Å². The fourth-order valence-electron chi connectivity index (χ4n) is 1.48. The molecule has 2 aromatic rings. The monoisotopic (exact) mass is 249 g/mol. The minimum absolute atomic E-state index is 0.0638. The SMILES string of the molecule is Cc1cc(CNc2c(F)cc(C#N)cc2F)on1. The number of aryl methyl sites for hydroxylation is 1. The second-order valence-electron chi connectivity index (χ2n) is 3.71. The van der Waals surface area contributed by atoms with E-state index in [1.54, 1.807) is 19.1 Å². The zero-order chi connectivity index (χ0) is 13.1. The molecule has 0 radical (unpaired) electrons. The summed E-state index contributed by atoms with van der Waals surface area (Å²) in [6.45, 7) is 1.86. The van der Waals surface area contributed by atoms with Crippen LogP contribution >= 0.6 is 0 Å². The molecule has 0 fully saturated rings. The van der Waals surface area contributed by atoms with Gasteiger partial charge in [-0.15, -0.1) is 0 Å². The average Bonchev–Trinajstić information content (AvgIpc) is 2.73. The third-order valence-electron chi connectivity index (χ3n) is 2.29.